The van der Waals surface area contributed by atoms with Gasteiger partial charge in [0.2, 0.25) is 5.82 Å². The van der Waals surface area contributed by atoms with Gasteiger partial charge in [-0.25, -0.2) is 9.78 Å². The molecule has 8 nitrogen and oxygen atoms in total. The Labute approximate surface area is 232 Å². The van der Waals surface area contributed by atoms with Crippen molar-refractivity contribution >= 4 is 45.7 Å². The molecule has 0 aliphatic heterocycles. The number of rotatable bonds is 7. The van der Waals surface area contributed by atoms with Gasteiger partial charge in [-0.2, -0.15) is 9.78 Å². The summed E-state index contributed by atoms with van der Waals surface area (Å²) in [6, 6.07) is 27.9. The monoisotopic (exact) mass is 549 g/mol. The number of aromatic nitrogens is 2. The van der Waals surface area contributed by atoms with Crippen molar-refractivity contribution in [1.82, 2.24) is 9.66 Å². The van der Waals surface area contributed by atoms with E-state index in [9.17, 15) is 9.59 Å². The minimum atomic E-state index is -0.996. The Hall–Kier alpha value is -5.21. The lowest BCUT2D eigenvalue weighted by molar-refractivity contribution is 0.0697. The molecule has 4 aromatic carbocycles. The number of benzene rings is 4. The molecule has 0 unspecified atom stereocenters. The second-order valence-electron chi connectivity index (χ2n) is 8.94. The first-order valence-corrected chi connectivity index (χ1v) is 12.6. The number of halogens is 1. The zero-order chi connectivity index (χ0) is 27.6. The fourth-order valence-electron chi connectivity index (χ4n) is 4.26. The van der Waals surface area contributed by atoms with E-state index in [1.54, 1.807) is 48.5 Å². The molecular weight excluding hydrogens is 530 g/mol. The van der Waals surface area contributed by atoms with Gasteiger partial charge in [-0.1, -0.05) is 54.1 Å². The number of hydrogen-bond donors (Lipinski definition) is 1. The highest BCUT2D eigenvalue weighted by atomic mass is 35.5. The average molecular weight is 550 g/mol. The lowest BCUT2D eigenvalue weighted by atomic mass is 10.1. The normalized spacial score (nSPS) is 11.4. The lowest BCUT2D eigenvalue weighted by Gasteiger charge is -2.11. The minimum Gasteiger partial charge on any atom is -0.488 e. The van der Waals surface area contributed by atoms with Crippen LogP contribution in [0.25, 0.3) is 33.5 Å². The van der Waals surface area contributed by atoms with Crippen molar-refractivity contribution in [3.63, 3.8) is 0 Å². The van der Waals surface area contributed by atoms with Crippen LogP contribution >= 0.6 is 11.6 Å². The van der Waals surface area contributed by atoms with Crippen molar-refractivity contribution in [2.45, 2.75) is 6.61 Å². The summed E-state index contributed by atoms with van der Waals surface area (Å²) in [6.45, 7) is 0.185. The molecule has 196 valence electrons. The number of ether oxygens (including phenoxy) is 1. The molecule has 40 heavy (non-hydrogen) atoms. The van der Waals surface area contributed by atoms with Crippen molar-refractivity contribution in [1.29, 1.82) is 0 Å². The van der Waals surface area contributed by atoms with Crippen LogP contribution in [-0.2, 0) is 6.61 Å². The van der Waals surface area contributed by atoms with E-state index in [1.165, 1.54) is 23.0 Å². The molecule has 0 fully saturated rings. The predicted octanol–water partition coefficient (Wildman–Crippen LogP) is 6.62. The van der Waals surface area contributed by atoms with E-state index in [0.717, 1.165) is 10.9 Å². The van der Waals surface area contributed by atoms with Gasteiger partial charge < -0.3 is 14.3 Å². The Bertz CT molecular complexity index is 1940. The smallest absolute Gasteiger partial charge is 0.335 e. The molecule has 0 radical (unpaired) electrons. The number of fused-ring (bicyclic) bond motifs is 2. The second kappa shape index (κ2) is 10.5. The first-order chi connectivity index (χ1) is 19.5. The highest BCUT2D eigenvalue weighted by Crippen LogP contribution is 2.28. The van der Waals surface area contributed by atoms with Crippen LogP contribution in [0.4, 0.5) is 0 Å². The van der Waals surface area contributed by atoms with Crippen LogP contribution in [0.3, 0.4) is 0 Å². The maximum absolute atomic E-state index is 13.6. The molecule has 0 amide bonds. The average Bonchev–Trinajstić information content (AvgIpc) is 3.41. The van der Waals surface area contributed by atoms with E-state index in [2.05, 4.69) is 5.10 Å². The SMILES string of the molecule is O=C(O)c1ccc(COc2ccc(Cl)cc2C=Nn2c(-c3cc4ccccc4o3)nc3ccccc3c2=O)cc1. The third-order valence-corrected chi connectivity index (χ3v) is 6.51. The third kappa shape index (κ3) is 4.95. The highest BCUT2D eigenvalue weighted by Gasteiger charge is 2.16. The maximum Gasteiger partial charge on any atom is 0.335 e. The van der Waals surface area contributed by atoms with Gasteiger partial charge in [0.15, 0.2) is 5.76 Å². The van der Waals surface area contributed by atoms with Crippen molar-refractivity contribution in [2.24, 2.45) is 5.10 Å². The molecule has 0 bridgehead atoms. The number of carboxylic acid groups (broad SMARTS) is 1. The van der Waals surface area contributed by atoms with E-state index in [0.29, 0.717) is 38.6 Å². The van der Waals surface area contributed by atoms with Crippen molar-refractivity contribution < 1.29 is 19.1 Å². The van der Waals surface area contributed by atoms with Crippen molar-refractivity contribution in [3.05, 3.63) is 129 Å². The molecule has 2 aromatic heterocycles. The van der Waals surface area contributed by atoms with E-state index in [4.69, 9.17) is 30.8 Å². The Morgan fingerprint density at radius 1 is 1.00 bits per heavy atom. The number of aromatic carboxylic acids is 1. The molecule has 0 atom stereocenters. The Morgan fingerprint density at radius 2 is 1.77 bits per heavy atom. The molecule has 0 saturated heterocycles. The molecule has 2 heterocycles. The largest absolute Gasteiger partial charge is 0.488 e. The Balaban J connectivity index is 1.39. The van der Waals surface area contributed by atoms with Crippen LogP contribution in [0.1, 0.15) is 21.5 Å². The summed E-state index contributed by atoms with van der Waals surface area (Å²) in [5.41, 5.74) is 2.33. The molecule has 9 heteroatoms. The first-order valence-electron chi connectivity index (χ1n) is 12.3. The highest BCUT2D eigenvalue weighted by molar-refractivity contribution is 6.30. The molecule has 0 aliphatic carbocycles. The predicted molar refractivity (Wildman–Crippen MR) is 153 cm³/mol. The van der Waals surface area contributed by atoms with Crippen molar-refractivity contribution in [3.8, 4) is 17.3 Å². The number of carbonyl (C=O) groups is 1. The van der Waals surface area contributed by atoms with E-state index in [1.807, 2.05) is 36.4 Å². The van der Waals surface area contributed by atoms with Gasteiger partial charge in [0.25, 0.3) is 5.56 Å². The van der Waals surface area contributed by atoms with Gasteiger partial charge in [-0.15, -0.1) is 0 Å². The quantitative estimate of drug-likeness (QED) is 0.224. The van der Waals surface area contributed by atoms with Gasteiger partial charge >= 0.3 is 5.97 Å². The van der Waals surface area contributed by atoms with Crippen LogP contribution in [0.15, 0.2) is 111 Å². The minimum absolute atomic E-state index is 0.185. The second-order valence-corrected chi connectivity index (χ2v) is 9.37. The Kier molecular flexibility index (Phi) is 6.59. The van der Waals surface area contributed by atoms with Gasteiger partial charge in [0.05, 0.1) is 22.7 Å². The lowest BCUT2D eigenvalue weighted by Crippen LogP contribution is -2.20. The van der Waals surface area contributed by atoms with Crippen LogP contribution in [0.5, 0.6) is 5.75 Å². The number of nitrogens with zero attached hydrogens (tertiary/aromatic N) is 3. The first kappa shape index (κ1) is 25.1. The molecule has 6 rings (SSSR count). The summed E-state index contributed by atoms with van der Waals surface area (Å²) >= 11 is 6.28. The number of furan rings is 1. The molecule has 0 saturated carbocycles. The molecular formula is C31H20ClN3O5. The number of carboxylic acids is 1. The van der Waals surface area contributed by atoms with Gasteiger partial charge in [-0.05, 0) is 60.2 Å². The zero-order valence-electron chi connectivity index (χ0n) is 20.8. The molecule has 0 aliphatic rings. The summed E-state index contributed by atoms with van der Waals surface area (Å²) in [7, 11) is 0. The topological polar surface area (TPSA) is 107 Å². The van der Waals surface area contributed by atoms with Crippen LogP contribution in [0.2, 0.25) is 5.02 Å². The van der Waals surface area contributed by atoms with E-state index in [-0.39, 0.29) is 23.6 Å². The van der Waals surface area contributed by atoms with Gasteiger partial charge in [0.1, 0.15) is 17.9 Å². The third-order valence-electron chi connectivity index (χ3n) is 6.28. The van der Waals surface area contributed by atoms with Crippen LogP contribution in [0, 0.1) is 0 Å². The standard InChI is InChI=1S/C31H20ClN3O5/c32-23-13-14-26(39-18-19-9-11-20(12-10-19)31(37)38)22(15-23)17-33-35-29(28-16-21-5-1-4-8-27(21)40-28)34-25-7-3-2-6-24(25)30(35)36/h1-17H,18H2,(H,37,38). The molecule has 6 aromatic rings. The summed E-state index contributed by atoms with van der Waals surface area (Å²) in [4.78, 5) is 29.4. The number of para-hydroxylation sites is 2. The summed E-state index contributed by atoms with van der Waals surface area (Å²) < 4.78 is 13.2. The molecule has 0 spiro atoms. The summed E-state index contributed by atoms with van der Waals surface area (Å²) in [5, 5.41) is 15.4. The maximum atomic E-state index is 13.6. The molecule has 1 N–H and O–H groups in total. The Morgan fingerprint density at radius 3 is 2.58 bits per heavy atom. The van der Waals surface area contributed by atoms with E-state index < -0.39 is 5.97 Å². The van der Waals surface area contributed by atoms with E-state index >= 15 is 0 Å². The van der Waals surface area contributed by atoms with Gasteiger partial charge in [0, 0.05) is 16.0 Å². The summed E-state index contributed by atoms with van der Waals surface area (Å²) in [5.74, 6) is 0.124. The van der Waals surface area contributed by atoms with Crippen LogP contribution < -0.4 is 10.3 Å². The van der Waals surface area contributed by atoms with Crippen molar-refractivity contribution in [2.75, 3.05) is 0 Å². The zero-order valence-corrected chi connectivity index (χ0v) is 21.6. The fraction of sp³-hybridized carbons (Fsp3) is 0.0323. The van der Waals surface area contributed by atoms with Crippen LogP contribution in [-0.4, -0.2) is 27.0 Å². The van der Waals surface area contributed by atoms with Gasteiger partial charge in [-0.3, -0.25) is 4.79 Å². The fourth-order valence-corrected chi connectivity index (χ4v) is 4.44. The summed E-state index contributed by atoms with van der Waals surface area (Å²) in [6.07, 6.45) is 1.48. The number of hydrogen-bond acceptors (Lipinski definition) is 6.